The Balaban J connectivity index is 0.00000289. The minimum Gasteiger partial charge on any atom is -0.545 e. The minimum atomic E-state index is -1.27. The van der Waals surface area contributed by atoms with Crippen LogP contribution in [0.1, 0.15) is 33.5 Å². The molecule has 4 rings (SSSR count). The van der Waals surface area contributed by atoms with Gasteiger partial charge in [-0.1, -0.05) is 17.7 Å². The van der Waals surface area contributed by atoms with Crippen LogP contribution in [0.15, 0.2) is 48.8 Å². The van der Waals surface area contributed by atoms with Crippen molar-refractivity contribution >= 4 is 23.3 Å². The molecule has 1 aromatic heterocycles. The van der Waals surface area contributed by atoms with Crippen LogP contribution < -0.4 is 44.3 Å². The summed E-state index contributed by atoms with van der Waals surface area (Å²) < 4.78 is 33.9. The number of rotatable bonds is 6. The molecule has 5 nitrogen and oxygen atoms in total. The smallest absolute Gasteiger partial charge is 0.545 e. The van der Waals surface area contributed by atoms with Crippen LogP contribution in [0.2, 0.25) is 5.02 Å². The second-order valence-electron chi connectivity index (χ2n) is 7.27. The number of anilines is 1. The maximum atomic E-state index is 14.1. The quantitative estimate of drug-likeness (QED) is 0.505. The second kappa shape index (κ2) is 10.6. The molecule has 32 heavy (non-hydrogen) atoms. The van der Waals surface area contributed by atoms with Crippen molar-refractivity contribution in [2.24, 2.45) is 0 Å². The Hall–Kier alpha value is -2.19. The van der Waals surface area contributed by atoms with Gasteiger partial charge in [0.15, 0.2) is 0 Å². The van der Waals surface area contributed by atoms with Gasteiger partial charge in [0.25, 0.3) is 0 Å². The van der Waals surface area contributed by atoms with E-state index >= 15 is 0 Å². The zero-order valence-corrected chi connectivity index (χ0v) is 20.2. The Morgan fingerprint density at radius 3 is 2.72 bits per heavy atom. The molecule has 9 heteroatoms. The molecule has 0 amide bonds. The first-order valence-corrected chi connectivity index (χ1v) is 10.1. The van der Waals surface area contributed by atoms with Crippen molar-refractivity contribution in [2.75, 3.05) is 11.4 Å². The Kier molecular flexibility index (Phi) is 8.11. The number of fused-ring (bicyclic) bond motifs is 1. The molecule has 0 saturated heterocycles. The van der Waals surface area contributed by atoms with E-state index in [1.54, 1.807) is 12.3 Å². The monoisotopic (exact) mass is 466 g/mol. The molecular formula is C23H18ClF2N2NaO3. The summed E-state index contributed by atoms with van der Waals surface area (Å²) in [6.07, 6.45) is 4.22. The van der Waals surface area contributed by atoms with Gasteiger partial charge in [-0.05, 0) is 48.7 Å². The zero-order chi connectivity index (χ0) is 22.0. The summed E-state index contributed by atoms with van der Waals surface area (Å²) in [4.78, 5) is 17.4. The molecule has 160 valence electrons. The Labute approximate surface area is 211 Å². The molecule has 0 spiro atoms. The molecule has 1 aliphatic rings. The van der Waals surface area contributed by atoms with E-state index in [9.17, 15) is 18.7 Å². The summed E-state index contributed by atoms with van der Waals surface area (Å²) in [7, 11) is 0. The number of hydrogen-bond donors (Lipinski definition) is 0. The van der Waals surface area contributed by atoms with Crippen molar-refractivity contribution in [3.63, 3.8) is 0 Å². The number of carbonyl (C=O) groups is 1. The van der Waals surface area contributed by atoms with Gasteiger partial charge in [0.1, 0.15) is 24.0 Å². The molecule has 0 aliphatic carbocycles. The SMILES string of the molecule is O=C([O-])c1cncc2c1CCCN2Cc1cc(F)ccc1OCc1ccc(Cl)cc1F.[Na+]. The number of ether oxygens (including phenoxy) is 1. The van der Waals surface area contributed by atoms with Gasteiger partial charge < -0.3 is 19.5 Å². The van der Waals surface area contributed by atoms with Crippen LogP contribution in [0.4, 0.5) is 14.5 Å². The van der Waals surface area contributed by atoms with Crippen LogP contribution in [-0.2, 0) is 19.6 Å². The van der Waals surface area contributed by atoms with Crippen molar-refractivity contribution in [3.05, 3.63) is 87.7 Å². The predicted octanol–water partition coefficient (Wildman–Crippen LogP) is 0.912. The van der Waals surface area contributed by atoms with Crippen LogP contribution in [0.5, 0.6) is 5.75 Å². The van der Waals surface area contributed by atoms with E-state index in [1.807, 2.05) is 4.90 Å². The van der Waals surface area contributed by atoms with Crippen molar-refractivity contribution < 1.29 is 53.0 Å². The zero-order valence-electron chi connectivity index (χ0n) is 17.4. The topological polar surface area (TPSA) is 65.5 Å². The maximum absolute atomic E-state index is 14.1. The molecule has 0 atom stereocenters. The fourth-order valence-corrected chi connectivity index (χ4v) is 3.89. The number of aromatic carboxylic acids is 1. The second-order valence-corrected chi connectivity index (χ2v) is 7.71. The summed E-state index contributed by atoms with van der Waals surface area (Å²) in [6, 6.07) is 8.45. The largest absolute Gasteiger partial charge is 1.00 e. The summed E-state index contributed by atoms with van der Waals surface area (Å²) in [6.45, 7) is 0.878. The molecule has 0 N–H and O–H groups in total. The van der Waals surface area contributed by atoms with E-state index in [-0.39, 0.29) is 53.3 Å². The average Bonchev–Trinajstić information content (AvgIpc) is 2.74. The number of carboxylic acid groups (broad SMARTS) is 1. The van der Waals surface area contributed by atoms with Crippen LogP contribution in [0, 0.1) is 11.6 Å². The standard InChI is InChI=1S/C23H19ClF2N2O3.Na/c24-16-4-3-14(20(26)9-16)13-31-22-6-5-17(25)8-15(22)12-28-7-1-2-18-19(23(29)30)10-27-11-21(18)28;/h3-6,8-11H,1-2,7,12-13H2,(H,29,30);/q;+1/p-1. The molecule has 3 aromatic rings. The number of benzene rings is 2. The van der Waals surface area contributed by atoms with Gasteiger partial charge in [-0.25, -0.2) is 8.78 Å². The summed E-state index contributed by atoms with van der Waals surface area (Å²) >= 11 is 5.78. The molecular weight excluding hydrogens is 449 g/mol. The van der Waals surface area contributed by atoms with Gasteiger partial charge in [0.05, 0.1) is 17.9 Å². The van der Waals surface area contributed by atoms with Crippen molar-refractivity contribution in [3.8, 4) is 5.75 Å². The first kappa shape index (κ1) is 24.5. The summed E-state index contributed by atoms with van der Waals surface area (Å²) in [5.74, 6) is -1.78. The third-order valence-electron chi connectivity index (χ3n) is 5.23. The van der Waals surface area contributed by atoms with Crippen LogP contribution in [0.3, 0.4) is 0 Å². The van der Waals surface area contributed by atoms with E-state index < -0.39 is 17.6 Å². The van der Waals surface area contributed by atoms with Gasteiger partial charge in [0.2, 0.25) is 0 Å². The molecule has 0 unspecified atom stereocenters. The van der Waals surface area contributed by atoms with Gasteiger partial charge in [-0.15, -0.1) is 0 Å². The number of carboxylic acids is 1. The van der Waals surface area contributed by atoms with Crippen LogP contribution >= 0.6 is 11.6 Å². The van der Waals surface area contributed by atoms with Gasteiger partial charge in [-0.2, -0.15) is 0 Å². The molecule has 1 aliphatic heterocycles. The van der Waals surface area contributed by atoms with Gasteiger partial charge >= 0.3 is 29.6 Å². The maximum Gasteiger partial charge on any atom is 1.00 e. The van der Waals surface area contributed by atoms with E-state index in [4.69, 9.17) is 16.3 Å². The Morgan fingerprint density at radius 1 is 1.16 bits per heavy atom. The number of nitrogens with zero attached hydrogens (tertiary/aromatic N) is 2. The number of halogens is 3. The third-order valence-corrected chi connectivity index (χ3v) is 5.47. The van der Waals surface area contributed by atoms with E-state index in [1.165, 1.54) is 36.5 Å². The van der Waals surface area contributed by atoms with Crippen molar-refractivity contribution in [1.82, 2.24) is 4.98 Å². The third kappa shape index (κ3) is 5.41. The molecule has 0 radical (unpaired) electrons. The molecule has 0 fully saturated rings. The summed E-state index contributed by atoms with van der Waals surface area (Å²) in [5.41, 5.74) is 2.28. The predicted molar refractivity (Wildman–Crippen MR) is 110 cm³/mol. The number of hydrogen-bond acceptors (Lipinski definition) is 5. The number of aromatic nitrogens is 1. The molecule has 2 heterocycles. The molecule has 0 bridgehead atoms. The van der Waals surface area contributed by atoms with E-state index in [0.29, 0.717) is 41.1 Å². The van der Waals surface area contributed by atoms with E-state index in [0.717, 1.165) is 6.42 Å². The molecule has 2 aromatic carbocycles. The Bertz CT molecular complexity index is 1150. The fraction of sp³-hybridized carbons (Fsp3) is 0.217. The van der Waals surface area contributed by atoms with Crippen LogP contribution in [-0.4, -0.2) is 17.5 Å². The Morgan fingerprint density at radius 2 is 1.97 bits per heavy atom. The average molecular weight is 467 g/mol. The fourth-order valence-electron chi connectivity index (χ4n) is 3.73. The van der Waals surface area contributed by atoms with Gasteiger partial charge in [-0.3, -0.25) is 4.98 Å². The van der Waals surface area contributed by atoms with Crippen molar-refractivity contribution in [2.45, 2.75) is 26.0 Å². The van der Waals surface area contributed by atoms with Crippen molar-refractivity contribution in [1.29, 1.82) is 0 Å². The first-order valence-electron chi connectivity index (χ1n) is 9.70. The minimum absolute atomic E-state index is 0. The summed E-state index contributed by atoms with van der Waals surface area (Å²) in [5, 5.41) is 11.7. The normalized spacial score (nSPS) is 12.7. The van der Waals surface area contributed by atoms with Crippen LogP contribution in [0.25, 0.3) is 0 Å². The first-order chi connectivity index (χ1) is 14.9. The van der Waals surface area contributed by atoms with E-state index in [2.05, 4.69) is 4.98 Å². The number of carbonyl (C=O) groups excluding carboxylic acids is 1. The molecule has 0 saturated carbocycles. The number of pyridine rings is 1. The van der Waals surface area contributed by atoms with Gasteiger partial charge in [0, 0.05) is 41.0 Å².